The van der Waals surface area contributed by atoms with Crippen LogP contribution in [0.25, 0.3) is 11.1 Å². The van der Waals surface area contributed by atoms with Gasteiger partial charge in [0.15, 0.2) is 0 Å². The molecule has 1 aliphatic rings. The fraction of sp³-hybridized carbons (Fsp3) is 0.516. The van der Waals surface area contributed by atoms with Crippen LogP contribution >= 0.6 is 0 Å². The minimum absolute atomic E-state index is 0.102. The topological polar surface area (TPSA) is 108 Å². The lowest BCUT2D eigenvalue weighted by atomic mass is 9.81. The molecule has 0 bridgehead atoms. The molecule has 8 nitrogen and oxygen atoms in total. The number of hydrogen-bond donors (Lipinski definition) is 3. The summed E-state index contributed by atoms with van der Waals surface area (Å²) in [5.41, 5.74) is 4.82. The van der Waals surface area contributed by atoms with Crippen molar-refractivity contribution in [3.8, 4) is 16.9 Å². The van der Waals surface area contributed by atoms with Gasteiger partial charge in [0.2, 0.25) is 17.7 Å². The number of ether oxygens (including phenoxy) is 1. The van der Waals surface area contributed by atoms with Crippen LogP contribution in [0, 0.1) is 17.8 Å². The van der Waals surface area contributed by atoms with E-state index in [0.717, 1.165) is 35.3 Å². The van der Waals surface area contributed by atoms with Gasteiger partial charge in [-0.2, -0.15) is 0 Å². The molecule has 1 heterocycles. The molecule has 0 aliphatic carbocycles. The van der Waals surface area contributed by atoms with Crippen LogP contribution in [0.3, 0.4) is 0 Å². The van der Waals surface area contributed by atoms with E-state index < -0.39 is 23.8 Å². The van der Waals surface area contributed by atoms with Crippen LogP contribution in [0.2, 0.25) is 0 Å². The Hall–Kier alpha value is -3.39. The quantitative estimate of drug-likeness (QED) is 0.262. The fourth-order valence-corrected chi connectivity index (χ4v) is 5.42. The van der Waals surface area contributed by atoms with E-state index in [2.05, 4.69) is 11.4 Å². The van der Waals surface area contributed by atoms with Gasteiger partial charge < -0.3 is 15.0 Å². The van der Waals surface area contributed by atoms with Crippen molar-refractivity contribution >= 4 is 17.7 Å². The summed E-state index contributed by atoms with van der Waals surface area (Å²) in [5, 5.41) is 12.3. The molecule has 1 fully saturated rings. The molecule has 1 aliphatic heterocycles. The SMILES string of the molecule is CCCC(C(=O)NO)C(CC(C)C)C(=O)NC1CCCCN(Cc2cccc(-c3cccc(OC)c3)c2)C1=O. The average molecular weight is 538 g/mol. The maximum atomic E-state index is 13.6. The van der Waals surface area contributed by atoms with E-state index in [0.29, 0.717) is 38.8 Å². The summed E-state index contributed by atoms with van der Waals surface area (Å²) in [7, 11) is 1.64. The first-order valence-electron chi connectivity index (χ1n) is 14.0. The zero-order valence-corrected chi connectivity index (χ0v) is 23.6. The van der Waals surface area contributed by atoms with Gasteiger partial charge in [0.1, 0.15) is 11.8 Å². The summed E-state index contributed by atoms with van der Waals surface area (Å²) < 4.78 is 5.36. The number of nitrogens with one attached hydrogen (secondary N) is 2. The molecule has 212 valence electrons. The number of carbonyl (C=O) groups excluding carboxylic acids is 3. The highest BCUT2D eigenvalue weighted by Gasteiger charge is 2.36. The fourth-order valence-electron chi connectivity index (χ4n) is 5.42. The van der Waals surface area contributed by atoms with Gasteiger partial charge in [0.25, 0.3) is 0 Å². The molecule has 3 atom stereocenters. The van der Waals surface area contributed by atoms with E-state index in [-0.39, 0.29) is 17.7 Å². The lowest BCUT2D eigenvalue weighted by Gasteiger charge is -2.29. The lowest BCUT2D eigenvalue weighted by Crippen LogP contribution is -2.51. The van der Waals surface area contributed by atoms with Crippen LogP contribution in [-0.4, -0.2) is 47.5 Å². The lowest BCUT2D eigenvalue weighted by molar-refractivity contribution is -0.143. The predicted molar refractivity (Wildman–Crippen MR) is 151 cm³/mol. The van der Waals surface area contributed by atoms with Crippen molar-refractivity contribution in [2.45, 2.75) is 71.9 Å². The van der Waals surface area contributed by atoms with Gasteiger partial charge in [0.05, 0.1) is 13.0 Å². The van der Waals surface area contributed by atoms with Crippen molar-refractivity contribution in [1.29, 1.82) is 0 Å². The molecule has 1 saturated heterocycles. The molecule has 0 aromatic heterocycles. The van der Waals surface area contributed by atoms with Crippen LogP contribution in [0.5, 0.6) is 5.75 Å². The van der Waals surface area contributed by atoms with Crippen molar-refractivity contribution in [3.63, 3.8) is 0 Å². The van der Waals surface area contributed by atoms with Crippen LogP contribution in [0.1, 0.15) is 64.9 Å². The second-order valence-electron chi connectivity index (χ2n) is 10.9. The molecule has 39 heavy (non-hydrogen) atoms. The first kappa shape index (κ1) is 30.2. The molecule has 3 unspecified atom stereocenters. The zero-order valence-electron chi connectivity index (χ0n) is 23.6. The van der Waals surface area contributed by atoms with Crippen molar-refractivity contribution < 1.29 is 24.3 Å². The van der Waals surface area contributed by atoms with E-state index in [1.165, 1.54) is 0 Å². The summed E-state index contributed by atoms with van der Waals surface area (Å²) in [6.07, 6.45) is 3.90. The monoisotopic (exact) mass is 537 g/mol. The Morgan fingerprint density at radius 3 is 2.44 bits per heavy atom. The Bertz CT molecular complexity index is 1120. The number of hydrogen-bond acceptors (Lipinski definition) is 5. The minimum Gasteiger partial charge on any atom is -0.497 e. The van der Waals surface area contributed by atoms with E-state index >= 15 is 0 Å². The Labute approximate surface area is 232 Å². The van der Waals surface area contributed by atoms with Crippen LogP contribution < -0.4 is 15.5 Å². The molecular weight excluding hydrogens is 494 g/mol. The minimum atomic E-state index is -0.654. The summed E-state index contributed by atoms with van der Waals surface area (Å²) in [5.74, 6) is -1.28. The van der Waals surface area contributed by atoms with Crippen LogP contribution in [0.15, 0.2) is 48.5 Å². The van der Waals surface area contributed by atoms with Gasteiger partial charge in [-0.1, -0.05) is 57.5 Å². The normalized spacial score (nSPS) is 17.3. The van der Waals surface area contributed by atoms with Crippen LogP contribution in [-0.2, 0) is 20.9 Å². The summed E-state index contributed by atoms with van der Waals surface area (Å²) in [6.45, 7) is 7.01. The number of rotatable bonds is 12. The number of benzene rings is 2. The number of amides is 3. The van der Waals surface area contributed by atoms with Gasteiger partial charge in [-0.25, -0.2) is 5.48 Å². The second-order valence-corrected chi connectivity index (χ2v) is 10.9. The molecule has 0 spiro atoms. The molecule has 2 aromatic carbocycles. The molecule has 0 saturated carbocycles. The van der Waals surface area contributed by atoms with E-state index in [9.17, 15) is 19.6 Å². The van der Waals surface area contributed by atoms with E-state index in [1.54, 1.807) is 12.6 Å². The number of carbonyl (C=O) groups is 3. The van der Waals surface area contributed by atoms with Crippen molar-refractivity contribution in [2.24, 2.45) is 17.8 Å². The highest BCUT2D eigenvalue weighted by atomic mass is 16.5. The number of likely N-dealkylation sites (tertiary alicyclic amines) is 1. The number of nitrogens with zero attached hydrogens (tertiary/aromatic N) is 1. The molecule has 8 heteroatoms. The van der Waals surface area contributed by atoms with Gasteiger partial charge in [-0.3, -0.25) is 19.6 Å². The Balaban J connectivity index is 1.76. The predicted octanol–water partition coefficient (Wildman–Crippen LogP) is 4.94. The summed E-state index contributed by atoms with van der Waals surface area (Å²) in [4.78, 5) is 41.4. The van der Waals surface area contributed by atoms with E-state index in [1.807, 2.05) is 68.1 Å². The third kappa shape index (κ3) is 8.30. The number of methoxy groups -OCH3 is 1. The van der Waals surface area contributed by atoms with Crippen LogP contribution in [0.4, 0.5) is 0 Å². The third-order valence-electron chi connectivity index (χ3n) is 7.40. The Kier molecular flexibility index (Phi) is 11.3. The molecule has 3 N–H and O–H groups in total. The largest absolute Gasteiger partial charge is 0.497 e. The van der Waals surface area contributed by atoms with E-state index in [4.69, 9.17) is 4.74 Å². The zero-order chi connectivity index (χ0) is 28.4. The molecule has 2 aromatic rings. The third-order valence-corrected chi connectivity index (χ3v) is 7.40. The van der Waals surface area contributed by atoms with Gasteiger partial charge >= 0.3 is 0 Å². The average Bonchev–Trinajstić information content (AvgIpc) is 3.11. The molecule has 3 amide bonds. The summed E-state index contributed by atoms with van der Waals surface area (Å²) in [6, 6.07) is 15.4. The first-order valence-corrected chi connectivity index (χ1v) is 14.0. The Morgan fingerprint density at radius 1 is 1.05 bits per heavy atom. The number of hydroxylamine groups is 1. The van der Waals surface area contributed by atoms with Gasteiger partial charge in [-0.05, 0) is 72.9 Å². The molecule has 3 rings (SSSR count). The van der Waals surface area contributed by atoms with Crippen molar-refractivity contribution in [1.82, 2.24) is 15.7 Å². The first-order chi connectivity index (χ1) is 18.8. The highest BCUT2D eigenvalue weighted by molar-refractivity contribution is 5.91. The molecule has 0 radical (unpaired) electrons. The highest BCUT2D eigenvalue weighted by Crippen LogP contribution is 2.28. The second kappa shape index (κ2) is 14.7. The molecular formula is C31H43N3O5. The van der Waals surface area contributed by atoms with Gasteiger partial charge in [-0.15, -0.1) is 0 Å². The standard InChI is InChI=1S/C31H43N3O5/c1-5-10-26(30(36)33-38)27(17-21(2)3)29(35)32-28-15-6-7-16-34(31(28)37)20-22-11-8-12-23(18-22)24-13-9-14-25(19-24)39-4/h8-9,11-14,18-19,21,26-28,38H,5-7,10,15-17,20H2,1-4H3,(H,32,35)(H,33,36). The van der Waals surface area contributed by atoms with Gasteiger partial charge in [0, 0.05) is 19.0 Å². The van der Waals surface area contributed by atoms with Crippen molar-refractivity contribution in [2.75, 3.05) is 13.7 Å². The Morgan fingerprint density at radius 2 is 1.77 bits per heavy atom. The summed E-state index contributed by atoms with van der Waals surface area (Å²) >= 11 is 0. The maximum Gasteiger partial charge on any atom is 0.247 e. The maximum absolute atomic E-state index is 13.6. The van der Waals surface area contributed by atoms with Crippen molar-refractivity contribution in [3.05, 3.63) is 54.1 Å². The smallest absolute Gasteiger partial charge is 0.247 e.